The quantitative estimate of drug-likeness (QED) is 0.758. The summed E-state index contributed by atoms with van der Waals surface area (Å²) in [5.74, 6) is 0.00659. The van der Waals surface area contributed by atoms with Gasteiger partial charge in [0.2, 0.25) is 0 Å². The van der Waals surface area contributed by atoms with E-state index in [0.29, 0.717) is 0 Å². The van der Waals surface area contributed by atoms with Crippen LogP contribution in [0.3, 0.4) is 0 Å². The molecule has 0 radical (unpaired) electrons. The molecule has 3 nitrogen and oxygen atoms in total. The molecule has 0 aromatic heterocycles. The fourth-order valence-electron chi connectivity index (χ4n) is 4.22. The van der Waals surface area contributed by atoms with Gasteiger partial charge < -0.3 is 22.0 Å². The second-order valence-electron chi connectivity index (χ2n) is 6.67. The highest BCUT2D eigenvalue weighted by Crippen LogP contribution is 2.53. The first kappa shape index (κ1) is 16.8. The van der Waals surface area contributed by atoms with E-state index >= 15 is 0 Å². The third kappa shape index (κ3) is 2.48. The molecule has 3 heterocycles. The first-order chi connectivity index (χ1) is 11.1. The average molecular weight is 344 g/mol. The van der Waals surface area contributed by atoms with E-state index in [1.807, 2.05) is 0 Å². The van der Waals surface area contributed by atoms with Crippen LogP contribution < -0.4 is 17.3 Å². The number of hydrogen-bond acceptors (Lipinski definition) is 3. The van der Waals surface area contributed by atoms with Gasteiger partial charge in [-0.2, -0.15) is 0 Å². The lowest BCUT2D eigenvalue weighted by Crippen LogP contribution is -3.00. The third-order valence-corrected chi connectivity index (χ3v) is 5.20. The normalized spacial score (nSPS) is 24.1. The van der Waals surface area contributed by atoms with Crippen LogP contribution >= 0.6 is 0 Å². The number of fused-ring (bicyclic) bond motifs is 2. The summed E-state index contributed by atoms with van der Waals surface area (Å²) in [7, 11) is 0. The van der Waals surface area contributed by atoms with Crippen LogP contribution in [0, 0.1) is 6.92 Å². The zero-order valence-corrected chi connectivity index (χ0v) is 14.7. The molecule has 3 aliphatic heterocycles. The van der Waals surface area contributed by atoms with Gasteiger partial charge in [0.1, 0.15) is 0 Å². The van der Waals surface area contributed by atoms with Gasteiger partial charge in [-0.15, -0.1) is 0 Å². The van der Waals surface area contributed by atoms with E-state index in [1.54, 1.807) is 0 Å². The van der Waals surface area contributed by atoms with Crippen LogP contribution in [-0.4, -0.2) is 19.1 Å². The van der Waals surface area contributed by atoms with Gasteiger partial charge in [0, 0.05) is 25.1 Å². The van der Waals surface area contributed by atoms with Crippen LogP contribution in [0.1, 0.15) is 37.4 Å². The molecule has 2 bridgehead atoms. The third-order valence-electron chi connectivity index (χ3n) is 5.20. The van der Waals surface area contributed by atoms with Crippen molar-refractivity contribution in [1.29, 1.82) is 0 Å². The molecule has 4 heteroatoms. The van der Waals surface area contributed by atoms with Gasteiger partial charge >= 0.3 is 7.40 Å². The highest BCUT2D eigenvalue weighted by Gasteiger charge is 2.52. The van der Waals surface area contributed by atoms with Crippen molar-refractivity contribution >= 4 is 11.7 Å². The van der Waals surface area contributed by atoms with Crippen molar-refractivity contribution in [1.82, 2.24) is 0 Å². The maximum absolute atomic E-state index is 11.9. The molecule has 3 aliphatic rings. The van der Waals surface area contributed by atoms with E-state index in [1.165, 1.54) is 23.7 Å². The smallest absolute Gasteiger partial charge is 1.00 e. The number of nitrogens with zero attached hydrogens (tertiary/aromatic N) is 1. The topological polar surface area (TPSA) is 29.5 Å². The molecule has 2 aromatic rings. The van der Waals surface area contributed by atoms with Crippen LogP contribution in [0.15, 0.2) is 48.5 Å². The summed E-state index contributed by atoms with van der Waals surface area (Å²) in [4.78, 5) is 14.3. The number of para-hydroxylation sites is 1. The van der Waals surface area contributed by atoms with Gasteiger partial charge in [0.05, 0.1) is 6.54 Å². The van der Waals surface area contributed by atoms with Crippen LogP contribution in [0.2, 0.25) is 0 Å². The summed E-state index contributed by atoms with van der Waals surface area (Å²) in [6.07, 6.45) is 1.01. The predicted molar refractivity (Wildman–Crippen MR) is 91.7 cm³/mol. The van der Waals surface area contributed by atoms with Crippen molar-refractivity contribution in [3.8, 4) is 0 Å². The molecule has 126 valence electrons. The molecule has 0 aliphatic carbocycles. The minimum absolute atomic E-state index is 0. The maximum Gasteiger partial charge on any atom is 1.00 e. The van der Waals surface area contributed by atoms with E-state index in [4.69, 9.17) is 4.74 Å². The van der Waals surface area contributed by atoms with Crippen molar-refractivity contribution in [3.05, 3.63) is 65.2 Å². The van der Waals surface area contributed by atoms with Gasteiger partial charge in [-0.05, 0) is 30.5 Å². The van der Waals surface area contributed by atoms with E-state index in [2.05, 4.69) is 60.4 Å². The summed E-state index contributed by atoms with van der Waals surface area (Å²) < 4.78 is 6.01. The molecule has 2 unspecified atom stereocenters. The molecule has 0 N–H and O–H groups in total. The van der Waals surface area contributed by atoms with Crippen molar-refractivity contribution in [2.75, 3.05) is 18.0 Å². The standard InChI is InChI=1S/C20H21NO2.ClH/c1-14-7-9-16(10-8-14)20(23-15(2)22)13-21-12-11-18(20)17-5-3-4-6-19(17)21;/h3-10,18H,11-13H2,1-2H3;1H. The number of carbonyl (C=O) groups is 1. The molecular weight excluding hydrogens is 322 g/mol. The lowest BCUT2D eigenvalue weighted by atomic mass is 9.69. The Bertz CT molecular complexity index is 765. The summed E-state index contributed by atoms with van der Waals surface area (Å²) in [5.41, 5.74) is 4.33. The number of carbonyl (C=O) groups excluding carboxylic acids is 1. The second kappa shape index (κ2) is 6.14. The number of hydrogen-bond donors (Lipinski definition) is 0. The van der Waals surface area contributed by atoms with Crippen molar-refractivity contribution in [2.24, 2.45) is 0 Å². The summed E-state index contributed by atoms with van der Waals surface area (Å²) in [6, 6.07) is 16.9. The average Bonchev–Trinajstić information content (AvgIpc) is 2.55. The minimum Gasteiger partial charge on any atom is -1.00 e. The van der Waals surface area contributed by atoms with Gasteiger partial charge in [0.25, 0.3) is 0 Å². The first-order valence-corrected chi connectivity index (χ1v) is 8.21. The zero-order valence-electron chi connectivity index (χ0n) is 15.0. The van der Waals surface area contributed by atoms with E-state index in [0.717, 1.165) is 25.1 Å². The fraction of sp³-hybridized carbons (Fsp3) is 0.350. The van der Waals surface area contributed by atoms with Crippen molar-refractivity contribution in [2.45, 2.75) is 31.8 Å². The Labute approximate surface area is 150 Å². The molecule has 0 spiro atoms. The molecular formula is C20H22ClNO2. The Morgan fingerprint density at radius 1 is 1.21 bits per heavy atom. The number of ether oxygens (including phenoxy) is 1. The van der Waals surface area contributed by atoms with Crippen molar-refractivity contribution in [3.63, 3.8) is 0 Å². The van der Waals surface area contributed by atoms with Crippen molar-refractivity contribution < 1.29 is 23.4 Å². The Hall–Kier alpha value is -2.00. The van der Waals surface area contributed by atoms with Gasteiger partial charge in [-0.1, -0.05) is 48.0 Å². The fourth-order valence-corrected chi connectivity index (χ4v) is 4.22. The lowest BCUT2D eigenvalue weighted by Gasteiger charge is -2.53. The number of anilines is 1. The summed E-state index contributed by atoms with van der Waals surface area (Å²) in [5, 5.41) is 0. The summed E-state index contributed by atoms with van der Waals surface area (Å²) in [6.45, 7) is 5.35. The second-order valence-corrected chi connectivity index (χ2v) is 6.67. The molecule has 2 atom stereocenters. The Morgan fingerprint density at radius 2 is 1.92 bits per heavy atom. The molecule has 1 fully saturated rings. The lowest BCUT2D eigenvalue weighted by molar-refractivity contribution is -0.162. The molecule has 1 saturated heterocycles. The minimum atomic E-state index is -0.577. The number of benzene rings is 2. The molecule has 5 rings (SSSR count). The van der Waals surface area contributed by atoms with Crippen LogP contribution in [0.5, 0.6) is 0 Å². The molecule has 0 amide bonds. The zero-order chi connectivity index (χ0) is 16.0. The Kier molecular flexibility index (Phi) is 4.31. The molecule has 24 heavy (non-hydrogen) atoms. The van der Waals surface area contributed by atoms with Gasteiger partial charge in [-0.3, -0.25) is 4.79 Å². The Balaban J connectivity index is 0.00000113. The van der Waals surface area contributed by atoms with Crippen LogP contribution in [0.25, 0.3) is 0 Å². The molecule has 2 aromatic carbocycles. The highest BCUT2D eigenvalue weighted by atomic mass is 35.5. The summed E-state index contributed by atoms with van der Waals surface area (Å²) >= 11 is 0. The van der Waals surface area contributed by atoms with E-state index < -0.39 is 5.60 Å². The monoisotopic (exact) mass is 343 g/mol. The number of rotatable bonds is 2. The number of halogens is 1. The van der Waals surface area contributed by atoms with Gasteiger partial charge in [0.15, 0.2) is 5.60 Å². The van der Waals surface area contributed by atoms with E-state index in [9.17, 15) is 4.79 Å². The maximum atomic E-state index is 11.9. The Morgan fingerprint density at radius 3 is 2.62 bits per heavy atom. The SMILES string of the molecule is CC(=O)OC1(c2ccc(C)cc2)CN2CCC1c1ccccc12.[Cl-].[H+]. The van der Waals surface area contributed by atoms with Crippen LogP contribution in [0.4, 0.5) is 5.69 Å². The van der Waals surface area contributed by atoms with Crippen LogP contribution in [-0.2, 0) is 15.1 Å². The van der Waals surface area contributed by atoms with E-state index in [-0.39, 0.29) is 25.7 Å². The predicted octanol–water partition coefficient (Wildman–Crippen LogP) is 0.877. The highest BCUT2D eigenvalue weighted by molar-refractivity contribution is 5.69. The number of aryl methyl sites for hydroxylation is 1. The van der Waals surface area contributed by atoms with Gasteiger partial charge in [-0.25, -0.2) is 0 Å². The number of esters is 1. The number of piperidine rings is 1. The largest absolute Gasteiger partial charge is 1.00 e. The molecule has 0 saturated carbocycles. The first-order valence-electron chi connectivity index (χ1n) is 8.21.